The Bertz CT molecular complexity index is 906. The Hall–Kier alpha value is -3.16. The normalized spacial score (nSPS) is 10.7. The molecule has 0 bridgehead atoms. The molecular weight excluding hydrogens is 322 g/mol. The summed E-state index contributed by atoms with van der Waals surface area (Å²) in [5.41, 5.74) is 1.70. The number of ether oxygens (including phenoxy) is 2. The van der Waals surface area contributed by atoms with Gasteiger partial charge in [-0.3, -0.25) is 4.79 Å². The maximum absolute atomic E-state index is 12.2. The summed E-state index contributed by atoms with van der Waals surface area (Å²) in [5.74, 6) is 1.53. The van der Waals surface area contributed by atoms with Crippen molar-refractivity contribution in [2.24, 2.45) is 0 Å². The number of methoxy groups -OCH3 is 1. The van der Waals surface area contributed by atoms with Crippen molar-refractivity contribution in [2.45, 2.75) is 13.8 Å². The van der Waals surface area contributed by atoms with Crippen molar-refractivity contribution in [1.82, 2.24) is 24.9 Å². The zero-order chi connectivity index (χ0) is 17.8. The Balaban J connectivity index is 1.56. The molecule has 1 aromatic carbocycles. The first-order valence-corrected chi connectivity index (χ1v) is 7.83. The van der Waals surface area contributed by atoms with Crippen LogP contribution in [0.15, 0.2) is 30.3 Å². The van der Waals surface area contributed by atoms with Gasteiger partial charge in [0.1, 0.15) is 18.1 Å². The Morgan fingerprint density at radius 1 is 1.20 bits per heavy atom. The summed E-state index contributed by atoms with van der Waals surface area (Å²) in [7, 11) is 1.60. The highest BCUT2D eigenvalue weighted by Gasteiger charge is 2.14. The molecule has 8 heteroatoms. The third-order valence-electron chi connectivity index (χ3n) is 3.52. The predicted octanol–water partition coefficient (Wildman–Crippen LogP) is 1.56. The minimum Gasteiger partial charge on any atom is -0.497 e. The smallest absolute Gasteiger partial charge is 0.291 e. The highest BCUT2D eigenvalue weighted by molar-refractivity contribution is 5.90. The van der Waals surface area contributed by atoms with Gasteiger partial charge in [-0.2, -0.15) is 4.98 Å². The van der Waals surface area contributed by atoms with Gasteiger partial charge >= 0.3 is 0 Å². The van der Waals surface area contributed by atoms with Crippen LogP contribution < -0.4 is 14.8 Å². The summed E-state index contributed by atoms with van der Waals surface area (Å²) >= 11 is 0. The number of benzene rings is 1. The second-order valence-corrected chi connectivity index (χ2v) is 5.47. The van der Waals surface area contributed by atoms with Crippen LogP contribution in [0, 0.1) is 13.8 Å². The molecule has 3 aromatic rings. The summed E-state index contributed by atoms with van der Waals surface area (Å²) in [4.78, 5) is 20.6. The molecule has 0 aliphatic rings. The average Bonchev–Trinajstić information content (AvgIpc) is 3.03. The van der Waals surface area contributed by atoms with E-state index in [-0.39, 0.29) is 11.7 Å². The topological polar surface area (TPSA) is 90.6 Å². The maximum atomic E-state index is 12.2. The van der Waals surface area contributed by atoms with E-state index in [2.05, 4.69) is 20.4 Å². The number of fused-ring (bicyclic) bond motifs is 1. The molecule has 0 aliphatic heterocycles. The van der Waals surface area contributed by atoms with Gasteiger partial charge in [-0.1, -0.05) is 6.07 Å². The van der Waals surface area contributed by atoms with Crippen LogP contribution >= 0.6 is 0 Å². The molecule has 0 atom stereocenters. The second-order valence-electron chi connectivity index (χ2n) is 5.47. The lowest BCUT2D eigenvalue weighted by Crippen LogP contribution is -2.29. The highest BCUT2D eigenvalue weighted by Crippen LogP contribution is 2.18. The molecule has 0 fully saturated rings. The number of hydrogen-bond donors (Lipinski definition) is 1. The molecule has 3 rings (SSSR count). The number of carbonyl (C=O) groups is 1. The molecule has 0 radical (unpaired) electrons. The van der Waals surface area contributed by atoms with Crippen LogP contribution in [-0.4, -0.2) is 45.8 Å². The number of nitrogens with zero attached hydrogens (tertiary/aromatic N) is 4. The minimum absolute atomic E-state index is 0.0857. The number of amides is 1. The Morgan fingerprint density at radius 3 is 2.80 bits per heavy atom. The van der Waals surface area contributed by atoms with E-state index in [4.69, 9.17) is 9.47 Å². The van der Waals surface area contributed by atoms with Crippen molar-refractivity contribution in [3.63, 3.8) is 0 Å². The van der Waals surface area contributed by atoms with Crippen molar-refractivity contribution in [3.8, 4) is 11.5 Å². The van der Waals surface area contributed by atoms with Crippen LogP contribution in [-0.2, 0) is 0 Å². The van der Waals surface area contributed by atoms with Gasteiger partial charge < -0.3 is 14.8 Å². The summed E-state index contributed by atoms with van der Waals surface area (Å²) < 4.78 is 12.3. The molecule has 1 amide bonds. The predicted molar refractivity (Wildman–Crippen MR) is 91.1 cm³/mol. The quantitative estimate of drug-likeness (QED) is 0.684. The zero-order valence-electron chi connectivity index (χ0n) is 14.3. The molecule has 0 spiro atoms. The molecule has 130 valence electrons. The Kier molecular flexibility index (Phi) is 4.78. The van der Waals surface area contributed by atoms with Gasteiger partial charge in [-0.05, 0) is 32.0 Å². The lowest BCUT2D eigenvalue weighted by molar-refractivity contribution is 0.0937. The molecule has 8 nitrogen and oxygen atoms in total. The van der Waals surface area contributed by atoms with E-state index in [0.717, 1.165) is 11.4 Å². The lowest BCUT2D eigenvalue weighted by Gasteiger charge is -2.07. The van der Waals surface area contributed by atoms with Crippen molar-refractivity contribution in [1.29, 1.82) is 0 Å². The van der Waals surface area contributed by atoms with Crippen LogP contribution in [0.1, 0.15) is 22.0 Å². The number of nitrogens with one attached hydrogen (secondary N) is 1. The van der Waals surface area contributed by atoms with Crippen molar-refractivity contribution in [2.75, 3.05) is 20.3 Å². The molecule has 0 saturated heterocycles. The van der Waals surface area contributed by atoms with Gasteiger partial charge in [0.25, 0.3) is 11.7 Å². The first-order chi connectivity index (χ1) is 12.1. The van der Waals surface area contributed by atoms with E-state index in [0.29, 0.717) is 30.4 Å². The van der Waals surface area contributed by atoms with Gasteiger partial charge in [0, 0.05) is 17.5 Å². The van der Waals surface area contributed by atoms with Crippen LogP contribution in [0.2, 0.25) is 0 Å². The van der Waals surface area contributed by atoms with Gasteiger partial charge in [0.15, 0.2) is 0 Å². The SMILES string of the molecule is COc1cccc(OCCNC(=O)c2nc3nc(C)cc(C)n3n2)c1. The summed E-state index contributed by atoms with van der Waals surface area (Å²) in [6.07, 6.45) is 0. The fourth-order valence-electron chi connectivity index (χ4n) is 2.37. The van der Waals surface area contributed by atoms with Gasteiger partial charge in [0.05, 0.1) is 13.7 Å². The van der Waals surface area contributed by atoms with Crippen LogP contribution in [0.3, 0.4) is 0 Å². The van der Waals surface area contributed by atoms with Gasteiger partial charge in [0.2, 0.25) is 5.82 Å². The molecule has 0 unspecified atom stereocenters. The number of aromatic nitrogens is 4. The van der Waals surface area contributed by atoms with Crippen LogP contribution in [0.25, 0.3) is 5.78 Å². The minimum atomic E-state index is -0.364. The second kappa shape index (κ2) is 7.16. The third kappa shape index (κ3) is 3.85. The average molecular weight is 341 g/mol. The molecule has 2 heterocycles. The summed E-state index contributed by atoms with van der Waals surface area (Å²) in [5, 5.41) is 6.92. The largest absolute Gasteiger partial charge is 0.497 e. The van der Waals surface area contributed by atoms with Gasteiger partial charge in [-0.15, -0.1) is 5.10 Å². The lowest BCUT2D eigenvalue weighted by atomic mass is 10.3. The van der Waals surface area contributed by atoms with Gasteiger partial charge in [-0.25, -0.2) is 9.50 Å². The Morgan fingerprint density at radius 2 is 2.00 bits per heavy atom. The monoisotopic (exact) mass is 341 g/mol. The molecule has 0 aliphatic carbocycles. The van der Waals surface area contributed by atoms with Crippen molar-refractivity contribution < 1.29 is 14.3 Å². The molecule has 25 heavy (non-hydrogen) atoms. The maximum Gasteiger partial charge on any atom is 0.291 e. The molecule has 2 aromatic heterocycles. The van der Waals surface area contributed by atoms with Crippen molar-refractivity contribution >= 4 is 11.7 Å². The third-order valence-corrected chi connectivity index (χ3v) is 3.52. The molecule has 1 N–H and O–H groups in total. The van der Waals surface area contributed by atoms with E-state index in [1.807, 2.05) is 38.1 Å². The first kappa shape index (κ1) is 16.7. The summed E-state index contributed by atoms with van der Waals surface area (Å²) in [6, 6.07) is 9.16. The van der Waals surface area contributed by atoms with E-state index >= 15 is 0 Å². The molecular formula is C17H19N5O3. The van der Waals surface area contributed by atoms with E-state index in [1.165, 1.54) is 0 Å². The standard InChI is InChI=1S/C17H19N5O3/c1-11-9-12(2)22-17(19-11)20-15(21-22)16(23)18-7-8-25-14-6-4-5-13(10-14)24-3/h4-6,9-10H,7-8H2,1-3H3,(H,18,23). The van der Waals surface area contributed by atoms with Crippen LogP contribution in [0.5, 0.6) is 11.5 Å². The van der Waals surface area contributed by atoms with Crippen LogP contribution in [0.4, 0.5) is 0 Å². The number of rotatable bonds is 6. The fraction of sp³-hybridized carbons (Fsp3) is 0.294. The molecule has 0 saturated carbocycles. The van der Waals surface area contributed by atoms with E-state index in [1.54, 1.807) is 17.7 Å². The van der Waals surface area contributed by atoms with Crippen molar-refractivity contribution in [3.05, 3.63) is 47.5 Å². The van der Waals surface area contributed by atoms with E-state index in [9.17, 15) is 4.79 Å². The summed E-state index contributed by atoms with van der Waals surface area (Å²) in [6.45, 7) is 4.41. The Labute approximate surface area is 144 Å². The zero-order valence-corrected chi connectivity index (χ0v) is 14.3. The highest BCUT2D eigenvalue weighted by atomic mass is 16.5. The number of carbonyl (C=O) groups excluding carboxylic acids is 1. The fourth-order valence-corrected chi connectivity index (χ4v) is 2.37. The number of hydrogen-bond acceptors (Lipinski definition) is 6. The first-order valence-electron chi connectivity index (χ1n) is 7.83. The van der Waals surface area contributed by atoms with E-state index < -0.39 is 0 Å². The number of aryl methyl sites for hydroxylation is 2.